The Balaban J connectivity index is 2.86. The van der Waals surface area contributed by atoms with Crippen LogP contribution in [0.2, 0.25) is 0 Å². The smallest absolute Gasteiger partial charge is 0.245 e. The fraction of sp³-hybridized carbons (Fsp3) is 0.857. The van der Waals surface area contributed by atoms with Crippen LogP contribution in [0.25, 0.3) is 0 Å². The number of amides is 2. The Morgan fingerprint density at radius 2 is 2.00 bits per heavy atom. The van der Waals surface area contributed by atoms with E-state index in [9.17, 15) is 9.59 Å². The van der Waals surface area contributed by atoms with E-state index in [1.165, 1.54) is 0 Å². The van der Waals surface area contributed by atoms with Gasteiger partial charge in [-0.1, -0.05) is 41.0 Å². The zero-order valence-corrected chi connectivity index (χ0v) is 12.2. The monoisotopic (exact) mass is 254 g/mol. The topological polar surface area (TPSA) is 49.4 Å². The van der Waals surface area contributed by atoms with Crippen molar-refractivity contribution in [2.24, 2.45) is 11.3 Å². The number of nitrogens with zero attached hydrogens (tertiary/aromatic N) is 1. The average molecular weight is 254 g/mol. The van der Waals surface area contributed by atoms with Gasteiger partial charge in [0, 0.05) is 19.5 Å². The molecule has 0 aromatic heterocycles. The number of rotatable bonds is 3. The van der Waals surface area contributed by atoms with Crippen molar-refractivity contribution in [1.82, 2.24) is 10.2 Å². The Kier molecular flexibility index (Phi) is 4.77. The summed E-state index contributed by atoms with van der Waals surface area (Å²) in [6.07, 6.45) is 1.30. The maximum atomic E-state index is 12.5. The van der Waals surface area contributed by atoms with Gasteiger partial charge < -0.3 is 10.2 Å². The van der Waals surface area contributed by atoms with E-state index in [0.717, 1.165) is 6.42 Å². The number of carbonyl (C=O) groups excluding carboxylic acids is 2. The molecule has 2 amide bonds. The van der Waals surface area contributed by atoms with E-state index in [1.807, 2.05) is 18.7 Å². The maximum Gasteiger partial charge on any atom is 0.245 e. The summed E-state index contributed by atoms with van der Waals surface area (Å²) >= 11 is 0. The highest BCUT2D eigenvalue weighted by molar-refractivity contribution is 5.90. The Bertz CT molecular complexity index is 320. The maximum absolute atomic E-state index is 12.5. The van der Waals surface area contributed by atoms with Gasteiger partial charge in [0.15, 0.2) is 0 Å². The van der Waals surface area contributed by atoms with Crippen LogP contribution in [0.5, 0.6) is 0 Å². The van der Waals surface area contributed by atoms with Crippen molar-refractivity contribution >= 4 is 11.8 Å². The molecule has 0 bridgehead atoms. The van der Waals surface area contributed by atoms with Crippen LogP contribution in [-0.4, -0.2) is 35.8 Å². The lowest BCUT2D eigenvalue weighted by atomic mass is 9.94. The summed E-state index contributed by atoms with van der Waals surface area (Å²) in [7, 11) is 0. The standard InChI is InChI=1S/C14H26N2O2/c1-6-10(2)12-13(18)16(9-14(3,4)5)8-7-11(17)15-12/h10,12H,6-9H2,1-5H3,(H,15,17). The molecule has 2 atom stereocenters. The van der Waals surface area contributed by atoms with Crippen molar-refractivity contribution < 1.29 is 9.59 Å². The van der Waals surface area contributed by atoms with E-state index in [1.54, 1.807) is 0 Å². The molecule has 0 saturated carbocycles. The SMILES string of the molecule is CCC(C)C1NC(=O)CCN(CC(C)(C)C)C1=O. The van der Waals surface area contributed by atoms with E-state index in [0.29, 0.717) is 19.5 Å². The van der Waals surface area contributed by atoms with Gasteiger partial charge in [-0.25, -0.2) is 0 Å². The molecule has 1 heterocycles. The lowest BCUT2D eigenvalue weighted by Crippen LogP contribution is -2.49. The Labute approximate surface area is 110 Å². The Morgan fingerprint density at radius 1 is 1.39 bits per heavy atom. The lowest BCUT2D eigenvalue weighted by molar-refractivity contribution is -0.136. The average Bonchev–Trinajstić information content (AvgIpc) is 2.39. The summed E-state index contributed by atoms with van der Waals surface area (Å²) in [6, 6.07) is -0.354. The molecule has 0 aromatic carbocycles. The highest BCUT2D eigenvalue weighted by Crippen LogP contribution is 2.20. The van der Waals surface area contributed by atoms with Crippen LogP contribution in [0.4, 0.5) is 0 Å². The van der Waals surface area contributed by atoms with Crippen molar-refractivity contribution in [1.29, 1.82) is 0 Å². The van der Waals surface area contributed by atoms with Gasteiger partial charge in [-0.05, 0) is 11.3 Å². The molecule has 1 aliphatic heterocycles. The van der Waals surface area contributed by atoms with E-state index in [2.05, 4.69) is 26.1 Å². The first-order valence-corrected chi connectivity index (χ1v) is 6.82. The van der Waals surface area contributed by atoms with Crippen LogP contribution < -0.4 is 5.32 Å². The molecule has 1 rings (SSSR count). The zero-order chi connectivity index (χ0) is 13.9. The number of nitrogens with one attached hydrogen (secondary N) is 1. The first kappa shape index (κ1) is 15.0. The summed E-state index contributed by atoms with van der Waals surface area (Å²) in [5.41, 5.74) is 0.0586. The predicted molar refractivity (Wildman–Crippen MR) is 72.0 cm³/mol. The van der Waals surface area contributed by atoms with E-state index >= 15 is 0 Å². The van der Waals surface area contributed by atoms with Gasteiger partial charge in [0.1, 0.15) is 6.04 Å². The highest BCUT2D eigenvalue weighted by Gasteiger charge is 2.34. The molecule has 1 fully saturated rings. The largest absolute Gasteiger partial charge is 0.344 e. The van der Waals surface area contributed by atoms with Crippen LogP contribution in [0.1, 0.15) is 47.5 Å². The molecular weight excluding hydrogens is 228 g/mol. The zero-order valence-electron chi connectivity index (χ0n) is 12.2. The summed E-state index contributed by atoms with van der Waals surface area (Å²) < 4.78 is 0. The second kappa shape index (κ2) is 5.72. The first-order valence-electron chi connectivity index (χ1n) is 6.82. The van der Waals surface area contributed by atoms with Gasteiger partial charge in [0.2, 0.25) is 11.8 Å². The highest BCUT2D eigenvalue weighted by atomic mass is 16.2. The molecule has 1 N–H and O–H groups in total. The fourth-order valence-electron chi connectivity index (χ4n) is 2.20. The fourth-order valence-corrected chi connectivity index (χ4v) is 2.20. The molecule has 18 heavy (non-hydrogen) atoms. The summed E-state index contributed by atoms with van der Waals surface area (Å²) in [6.45, 7) is 11.6. The molecule has 104 valence electrons. The molecule has 0 aromatic rings. The summed E-state index contributed by atoms with van der Waals surface area (Å²) in [5, 5.41) is 2.86. The minimum atomic E-state index is -0.354. The van der Waals surface area contributed by atoms with Crippen molar-refractivity contribution in [2.45, 2.75) is 53.5 Å². The molecule has 2 unspecified atom stereocenters. The molecule has 1 saturated heterocycles. The normalized spacial score (nSPS) is 23.6. The Hall–Kier alpha value is -1.06. The van der Waals surface area contributed by atoms with Crippen LogP contribution >= 0.6 is 0 Å². The lowest BCUT2D eigenvalue weighted by Gasteiger charge is -2.32. The number of carbonyl (C=O) groups is 2. The van der Waals surface area contributed by atoms with Crippen LogP contribution in [0.15, 0.2) is 0 Å². The van der Waals surface area contributed by atoms with Crippen molar-refractivity contribution in [3.05, 3.63) is 0 Å². The molecule has 0 aliphatic carbocycles. The summed E-state index contributed by atoms with van der Waals surface area (Å²) in [5.74, 6) is 0.247. The molecule has 1 aliphatic rings. The van der Waals surface area contributed by atoms with E-state index in [-0.39, 0.29) is 29.2 Å². The van der Waals surface area contributed by atoms with Crippen LogP contribution in [-0.2, 0) is 9.59 Å². The second-order valence-corrected chi connectivity index (χ2v) is 6.50. The van der Waals surface area contributed by atoms with E-state index in [4.69, 9.17) is 0 Å². The van der Waals surface area contributed by atoms with Gasteiger partial charge in [-0.2, -0.15) is 0 Å². The quantitative estimate of drug-likeness (QED) is 0.835. The third kappa shape index (κ3) is 4.00. The molecule has 4 heteroatoms. The molecule has 0 spiro atoms. The minimum Gasteiger partial charge on any atom is -0.344 e. The van der Waals surface area contributed by atoms with Gasteiger partial charge in [0.05, 0.1) is 0 Å². The second-order valence-electron chi connectivity index (χ2n) is 6.50. The van der Waals surface area contributed by atoms with E-state index < -0.39 is 0 Å². The van der Waals surface area contributed by atoms with Crippen LogP contribution in [0, 0.1) is 11.3 Å². The van der Waals surface area contributed by atoms with Crippen LogP contribution in [0.3, 0.4) is 0 Å². The Morgan fingerprint density at radius 3 is 2.50 bits per heavy atom. The number of hydrogen-bond acceptors (Lipinski definition) is 2. The van der Waals surface area contributed by atoms with Gasteiger partial charge in [-0.3, -0.25) is 9.59 Å². The third-order valence-corrected chi connectivity index (χ3v) is 3.38. The minimum absolute atomic E-state index is 0.00920. The van der Waals surface area contributed by atoms with Crippen molar-refractivity contribution in [3.8, 4) is 0 Å². The first-order chi connectivity index (χ1) is 8.24. The number of hydrogen-bond donors (Lipinski definition) is 1. The predicted octanol–water partition coefficient (Wildman–Crippen LogP) is 1.80. The third-order valence-electron chi connectivity index (χ3n) is 3.38. The molecular formula is C14H26N2O2. The molecule has 0 radical (unpaired) electrons. The van der Waals surface area contributed by atoms with Gasteiger partial charge >= 0.3 is 0 Å². The summed E-state index contributed by atoms with van der Waals surface area (Å²) in [4.78, 5) is 26.0. The van der Waals surface area contributed by atoms with Gasteiger partial charge in [-0.15, -0.1) is 0 Å². The van der Waals surface area contributed by atoms with Gasteiger partial charge in [0.25, 0.3) is 0 Å². The molecule has 4 nitrogen and oxygen atoms in total. The van der Waals surface area contributed by atoms with Crippen molar-refractivity contribution in [3.63, 3.8) is 0 Å². The van der Waals surface area contributed by atoms with Crippen molar-refractivity contribution in [2.75, 3.05) is 13.1 Å².